The lowest BCUT2D eigenvalue weighted by atomic mass is 10.1. The van der Waals surface area contributed by atoms with Crippen LogP contribution in [0.15, 0.2) is 41.0 Å². The van der Waals surface area contributed by atoms with Crippen LogP contribution in [0.2, 0.25) is 0 Å². The third kappa shape index (κ3) is 2.44. The van der Waals surface area contributed by atoms with Gasteiger partial charge in [0.15, 0.2) is 11.5 Å². The molecule has 2 atom stereocenters. The predicted octanol–water partition coefficient (Wildman–Crippen LogP) is 3.42. The number of nitrogens with one attached hydrogen (secondary N) is 1. The quantitative estimate of drug-likeness (QED) is 0.913. The molecule has 4 heteroatoms. The molecule has 2 aromatic rings. The second kappa shape index (κ2) is 4.97. The van der Waals surface area contributed by atoms with Crippen molar-refractivity contribution in [2.24, 2.45) is 0 Å². The van der Waals surface area contributed by atoms with E-state index < -0.39 is 0 Å². The number of rotatable bonds is 4. The van der Waals surface area contributed by atoms with E-state index in [1.165, 1.54) is 5.56 Å². The number of benzene rings is 1. The first-order valence-electron chi connectivity index (χ1n) is 6.43. The predicted molar refractivity (Wildman–Crippen MR) is 71.2 cm³/mol. The molecule has 0 spiro atoms. The fourth-order valence-electron chi connectivity index (χ4n) is 2.27. The normalized spacial score (nSPS) is 16.3. The van der Waals surface area contributed by atoms with Gasteiger partial charge in [-0.25, -0.2) is 0 Å². The maximum Gasteiger partial charge on any atom is 0.231 e. The smallest absolute Gasteiger partial charge is 0.231 e. The molecule has 1 aliphatic heterocycles. The Balaban J connectivity index is 1.72. The maximum atomic E-state index is 5.40. The summed E-state index contributed by atoms with van der Waals surface area (Å²) in [6, 6.07) is 10.3. The van der Waals surface area contributed by atoms with Crippen molar-refractivity contribution in [1.82, 2.24) is 5.32 Å². The van der Waals surface area contributed by atoms with Crippen LogP contribution in [0.4, 0.5) is 0 Å². The largest absolute Gasteiger partial charge is 0.468 e. The van der Waals surface area contributed by atoms with Crippen molar-refractivity contribution in [3.05, 3.63) is 47.9 Å². The zero-order chi connectivity index (χ0) is 13.2. The SMILES string of the molecule is CC(N[C@H](C)c1ccco1)c1ccc2c(c1)OCO2. The summed E-state index contributed by atoms with van der Waals surface area (Å²) in [7, 11) is 0. The second-order valence-electron chi connectivity index (χ2n) is 4.74. The molecule has 0 fully saturated rings. The van der Waals surface area contributed by atoms with Crippen LogP contribution >= 0.6 is 0 Å². The summed E-state index contributed by atoms with van der Waals surface area (Å²) in [5, 5.41) is 3.50. The molecule has 1 N–H and O–H groups in total. The fourth-order valence-corrected chi connectivity index (χ4v) is 2.27. The first-order valence-corrected chi connectivity index (χ1v) is 6.43. The first-order chi connectivity index (χ1) is 9.24. The molecule has 0 radical (unpaired) electrons. The van der Waals surface area contributed by atoms with Gasteiger partial charge >= 0.3 is 0 Å². The molecule has 1 aromatic carbocycles. The molecule has 2 heterocycles. The van der Waals surface area contributed by atoms with Gasteiger partial charge in [0.2, 0.25) is 6.79 Å². The van der Waals surface area contributed by atoms with Gasteiger partial charge in [-0.05, 0) is 43.7 Å². The van der Waals surface area contributed by atoms with E-state index in [1.54, 1.807) is 6.26 Å². The second-order valence-corrected chi connectivity index (χ2v) is 4.74. The molecular weight excluding hydrogens is 242 g/mol. The van der Waals surface area contributed by atoms with Gasteiger partial charge < -0.3 is 19.2 Å². The summed E-state index contributed by atoms with van der Waals surface area (Å²) in [4.78, 5) is 0. The molecule has 0 aliphatic carbocycles. The Labute approximate surface area is 112 Å². The average molecular weight is 259 g/mol. The van der Waals surface area contributed by atoms with Gasteiger partial charge in [-0.1, -0.05) is 6.07 Å². The average Bonchev–Trinajstić information content (AvgIpc) is 3.09. The van der Waals surface area contributed by atoms with Crippen LogP contribution < -0.4 is 14.8 Å². The van der Waals surface area contributed by atoms with Crippen molar-refractivity contribution in [3.63, 3.8) is 0 Å². The van der Waals surface area contributed by atoms with E-state index in [2.05, 4.69) is 25.2 Å². The van der Waals surface area contributed by atoms with Gasteiger partial charge in [0.05, 0.1) is 12.3 Å². The number of hydrogen-bond acceptors (Lipinski definition) is 4. The van der Waals surface area contributed by atoms with Gasteiger partial charge in [0.25, 0.3) is 0 Å². The van der Waals surface area contributed by atoms with E-state index in [0.717, 1.165) is 17.3 Å². The van der Waals surface area contributed by atoms with E-state index in [-0.39, 0.29) is 12.1 Å². The van der Waals surface area contributed by atoms with E-state index in [9.17, 15) is 0 Å². The molecule has 0 saturated heterocycles. The lowest BCUT2D eigenvalue weighted by Crippen LogP contribution is -2.22. The molecule has 100 valence electrons. The molecule has 4 nitrogen and oxygen atoms in total. The van der Waals surface area contributed by atoms with Crippen LogP contribution in [-0.2, 0) is 0 Å². The topological polar surface area (TPSA) is 43.6 Å². The Kier molecular flexibility index (Phi) is 3.17. The molecule has 0 amide bonds. The van der Waals surface area contributed by atoms with Gasteiger partial charge in [-0.2, -0.15) is 0 Å². The standard InChI is InChI=1S/C15H17NO3/c1-10(16-11(2)13-4-3-7-17-13)12-5-6-14-15(8-12)19-9-18-14/h3-8,10-11,16H,9H2,1-2H3/t10?,11-/m1/s1. The van der Waals surface area contributed by atoms with Crippen LogP contribution in [0.3, 0.4) is 0 Å². The van der Waals surface area contributed by atoms with Crippen molar-refractivity contribution in [2.75, 3.05) is 6.79 Å². The molecule has 1 aromatic heterocycles. The zero-order valence-electron chi connectivity index (χ0n) is 11.1. The van der Waals surface area contributed by atoms with Crippen LogP contribution in [0, 0.1) is 0 Å². The lowest BCUT2D eigenvalue weighted by Gasteiger charge is -2.19. The summed E-state index contributed by atoms with van der Waals surface area (Å²) >= 11 is 0. The third-order valence-electron chi connectivity index (χ3n) is 3.37. The molecule has 1 unspecified atom stereocenters. The van der Waals surface area contributed by atoms with E-state index in [0.29, 0.717) is 6.79 Å². The summed E-state index contributed by atoms with van der Waals surface area (Å²) in [5.41, 5.74) is 1.17. The molecule has 19 heavy (non-hydrogen) atoms. The van der Waals surface area contributed by atoms with Gasteiger partial charge in [-0.3, -0.25) is 0 Å². The molecule has 1 aliphatic rings. The summed E-state index contributed by atoms with van der Waals surface area (Å²) < 4.78 is 16.1. The minimum Gasteiger partial charge on any atom is -0.468 e. The Hall–Kier alpha value is -1.94. The molecule has 0 bridgehead atoms. The Bertz CT molecular complexity index is 551. The van der Waals surface area contributed by atoms with Crippen molar-refractivity contribution >= 4 is 0 Å². The van der Waals surface area contributed by atoms with Crippen LogP contribution in [0.5, 0.6) is 11.5 Å². The highest BCUT2D eigenvalue weighted by atomic mass is 16.7. The first kappa shape index (κ1) is 12.1. The Morgan fingerprint density at radius 2 is 1.89 bits per heavy atom. The fraction of sp³-hybridized carbons (Fsp3) is 0.333. The highest BCUT2D eigenvalue weighted by Crippen LogP contribution is 2.34. The van der Waals surface area contributed by atoms with E-state index in [1.807, 2.05) is 24.3 Å². The maximum absolute atomic E-state index is 5.40. The van der Waals surface area contributed by atoms with E-state index in [4.69, 9.17) is 13.9 Å². The van der Waals surface area contributed by atoms with Crippen LogP contribution in [0.1, 0.15) is 37.3 Å². The van der Waals surface area contributed by atoms with Gasteiger partial charge in [-0.15, -0.1) is 0 Å². The summed E-state index contributed by atoms with van der Waals surface area (Å²) in [6.45, 7) is 4.52. The van der Waals surface area contributed by atoms with Crippen molar-refractivity contribution in [2.45, 2.75) is 25.9 Å². The third-order valence-corrected chi connectivity index (χ3v) is 3.37. The zero-order valence-corrected chi connectivity index (χ0v) is 11.1. The van der Waals surface area contributed by atoms with E-state index >= 15 is 0 Å². The highest BCUT2D eigenvalue weighted by Gasteiger charge is 2.17. The highest BCUT2D eigenvalue weighted by molar-refractivity contribution is 5.45. The van der Waals surface area contributed by atoms with Crippen LogP contribution in [-0.4, -0.2) is 6.79 Å². The Morgan fingerprint density at radius 3 is 2.68 bits per heavy atom. The number of furan rings is 1. The molecule has 3 rings (SSSR count). The van der Waals surface area contributed by atoms with Crippen molar-refractivity contribution in [1.29, 1.82) is 0 Å². The number of hydrogen-bond donors (Lipinski definition) is 1. The molecular formula is C15H17NO3. The number of ether oxygens (including phenoxy) is 2. The summed E-state index contributed by atoms with van der Waals surface area (Å²) in [6.07, 6.45) is 1.69. The minimum absolute atomic E-state index is 0.162. The van der Waals surface area contributed by atoms with Crippen molar-refractivity contribution < 1.29 is 13.9 Å². The van der Waals surface area contributed by atoms with Crippen molar-refractivity contribution in [3.8, 4) is 11.5 Å². The minimum atomic E-state index is 0.162. The number of fused-ring (bicyclic) bond motifs is 1. The van der Waals surface area contributed by atoms with Gasteiger partial charge in [0.1, 0.15) is 5.76 Å². The Morgan fingerprint density at radius 1 is 1.05 bits per heavy atom. The summed E-state index contributed by atoms with van der Waals surface area (Å²) in [5.74, 6) is 2.57. The van der Waals surface area contributed by atoms with Gasteiger partial charge in [0, 0.05) is 6.04 Å². The molecule has 0 saturated carbocycles. The monoisotopic (exact) mass is 259 g/mol. The van der Waals surface area contributed by atoms with Crippen LogP contribution in [0.25, 0.3) is 0 Å². The lowest BCUT2D eigenvalue weighted by molar-refractivity contribution is 0.174.